The van der Waals surface area contributed by atoms with Crippen LogP contribution in [0.4, 0.5) is 5.69 Å². The van der Waals surface area contributed by atoms with E-state index in [0.717, 1.165) is 16.6 Å². The van der Waals surface area contributed by atoms with Gasteiger partial charge in [0.2, 0.25) is 0 Å². The van der Waals surface area contributed by atoms with E-state index in [9.17, 15) is 0 Å². The lowest BCUT2D eigenvalue weighted by atomic mass is 10.1. The molecule has 0 saturated carbocycles. The highest BCUT2D eigenvalue weighted by molar-refractivity contribution is 7.15. The Labute approximate surface area is 87.9 Å². The minimum absolute atomic E-state index is 0.161. The van der Waals surface area contributed by atoms with E-state index in [4.69, 9.17) is 16.3 Å². The highest BCUT2D eigenvalue weighted by atomic mass is 35.5. The van der Waals surface area contributed by atoms with E-state index in [1.54, 1.807) is 7.11 Å². The fraction of sp³-hybridized carbons (Fsp3) is 0.556. The number of rotatable bonds is 4. The van der Waals surface area contributed by atoms with Crippen molar-refractivity contribution in [3.8, 4) is 0 Å². The molecule has 4 heteroatoms. The van der Waals surface area contributed by atoms with Crippen molar-refractivity contribution in [2.24, 2.45) is 0 Å². The Bertz CT molecular complexity index is 272. The van der Waals surface area contributed by atoms with Crippen LogP contribution in [0.15, 0.2) is 11.4 Å². The maximum absolute atomic E-state index is 5.93. The van der Waals surface area contributed by atoms with Gasteiger partial charge in [-0.3, -0.25) is 0 Å². The van der Waals surface area contributed by atoms with Crippen LogP contribution in [0.3, 0.4) is 0 Å². The highest BCUT2D eigenvalue weighted by Crippen LogP contribution is 2.28. The van der Waals surface area contributed by atoms with Crippen LogP contribution in [0.1, 0.15) is 13.8 Å². The van der Waals surface area contributed by atoms with Crippen molar-refractivity contribution >= 4 is 28.6 Å². The molecule has 0 unspecified atom stereocenters. The molecule has 0 aliphatic rings. The van der Waals surface area contributed by atoms with Crippen LogP contribution in [0.5, 0.6) is 0 Å². The summed E-state index contributed by atoms with van der Waals surface area (Å²) in [6.07, 6.45) is 0. The number of thiophene rings is 1. The summed E-state index contributed by atoms with van der Waals surface area (Å²) in [6.45, 7) is 4.81. The quantitative estimate of drug-likeness (QED) is 0.840. The summed E-state index contributed by atoms with van der Waals surface area (Å²) in [6, 6.07) is 1.97. The van der Waals surface area contributed by atoms with E-state index in [1.165, 1.54) is 11.3 Å². The van der Waals surface area contributed by atoms with Crippen LogP contribution in [0.2, 0.25) is 4.34 Å². The Morgan fingerprint density at radius 2 is 2.31 bits per heavy atom. The van der Waals surface area contributed by atoms with E-state index in [-0.39, 0.29) is 5.60 Å². The molecule has 1 aromatic heterocycles. The van der Waals surface area contributed by atoms with Crippen molar-refractivity contribution in [1.82, 2.24) is 0 Å². The second-order valence-corrected chi connectivity index (χ2v) is 4.94. The Morgan fingerprint density at radius 1 is 1.62 bits per heavy atom. The van der Waals surface area contributed by atoms with E-state index in [1.807, 2.05) is 25.3 Å². The molecule has 0 atom stereocenters. The van der Waals surface area contributed by atoms with Crippen LogP contribution in [-0.2, 0) is 4.74 Å². The number of ether oxygens (including phenoxy) is 1. The first-order valence-corrected chi connectivity index (χ1v) is 5.33. The van der Waals surface area contributed by atoms with E-state index < -0.39 is 0 Å². The number of hydrogen-bond acceptors (Lipinski definition) is 3. The van der Waals surface area contributed by atoms with Crippen LogP contribution >= 0.6 is 22.9 Å². The van der Waals surface area contributed by atoms with Gasteiger partial charge in [0.1, 0.15) is 4.34 Å². The third kappa shape index (κ3) is 3.18. The molecule has 13 heavy (non-hydrogen) atoms. The smallest absolute Gasteiger partial charge is 0.116 e. The molecule has 0 radical (unpaired) electrons. The van der Waals surface area contributed by atoms with Crippen molar-refractivity contribution in [1.29, 1.82) is 0 Å². The van der Waals surface area contributed by atoms with Gasteiger partial charge in [-0.2, -0.15) is 0 Å². The Kier molecular flexibility index (Phi) is 3.59. The average molecular weight is 220 g/mol. The lowest BCUT2D eigenvalue weighted by Gasteiger charge is -2.23. The van der Waals surface area contributed by atoms with Gasteiger partial charge in [-0.25, -0.2) is 0 Å². The molecular formula is C9H14ClNOS. The molecule has 0 aliphatic carbocycles. The van der Waals surface area contributed by atoms with Gasteiger partial charge in [-0.1, -0.05) is 11.6 Å². The maximum Gasteiger partial charge on any atom is 0.116 e. The van der Waals surface area contributed by atoms with Crippen LogP contribution in [0, 0.1) is 0 Å². The summed E-state index contributed by atoms with van der Waals surface area (Å²) in [5, 5.41) is 5.20. The Morgan fingerprint density at radius 3 is 2.77 bits per heavy atom. The number of halogens is 1. The molecular weight excluding hydrogens is 206 g/mol. The molecule has 1 rings (SSSR count). The first-order valence-electron chi connectivity index (χ1n) is 4.07. The summed E-state index contributed by atoms with van der Waals surface area (Å²) in [7, 11) is 1.71. The normalized spacial score (nSPS) is 11.7. The van der Waals surface area contributed by atoms with Gasteiger partial charge in [0.05, 0.1) is 11.3 Å². The van der Waals surface area contributed by atoms with E-state index in [2.05, 4.69) is 5.32 Å². The number of anilines is 1. The summed E-state index contributed by atoms with van der Waals surface area (Å²) in [4.78, 5) is 0. The topological polar surface area (TPSA) is 21.3 Å². The van der Waals surface area contributed by atoms with Gasteiger partial charge in [-0.15, -0.1) is 11.3 Å². The van der Waals surface area contributed by atoms with Crippen molar-refractivity contribution in [3.05, 3.63) is 15.8 Å². The number of methoxy groups -OCH3 is 1. The third-order valence-corrected chi connectivity index (χ3v) is 3.05. The summed E-state index contributed by atoms with van der Waals surface area (Å²) in [5.41, 5.74) is 0.822. The highest BCUT2D eigenvalue weighted by Gasteiger charge is 2.16. The first-order chi connectivity index (χ1) is 6.05. The van der Waals surface area contributed by atoms with E-state index in [0.29, 0.717) is 0 Å². The van der Waals surface area contributed by atoms with Crippen LogP contribution in [-0.4, -0.2) is 19.3 Å². The Hall–Kier alpha value is -0.250. The molecule has 0 aromatic carbocycles. The molecule has 0 fully saturated rings. The van der Waals surface area contributed by atoms with Crippen molar-refractivity contribution in [3.63, 3.8) is 0 Å². The van der Waals surface area contributed by atoms with Crippen LogP contribution < -0.4 is 5.32 Å². The maximum atomic E-state index is 5.93. The van der Waals surface area contributed by atoms with E-state index >= 15 is 0 Å². The summed E-state index contributed by atoms with van der Waals surface area (Å²) >= 11 is 7.45. The second kappa shape index (κ2) is 4.31. The predicted molar refractivity (Wildman–Crippen MR) is 58.9 cm³/mol. The molecule has 0 aliphatic heterocycles. The standard InChI is InChI=1S/C9H14ClNOS/c1-9(2,12-3)6-11-7-4-5-13-8(7)10/h4-5,11H,6H2,1-3H3. The molecule has 0 bridgehead atoms. The summed E-state index contributed by atoms with van der Waals surface area (Å²) in [5.74, 6) is 0. The van der Waals surface area contributed by atoms with Gasteiger partial charge < -0.3 is 10.1 Å². The SMILES string of the molecule is COC(C)(C)CNc1ccsc1Cl. The molecule has 0 spiro atoms. The van der Waals surface area contributed by atoms with Gasteiger partial charge in [0, 0.05) is 13.7 Å². The minimum Gasteiger partial charge on any atom is -0.380 e. The first kappa shape index (κ1) is 10.8. The number of nitrogens with one attached hydrogen (secondary N) is 1. The van der Waals surface area contributed by atoms with Gasteiger partial charge in [-0.05, 0) is 25.3 Å². The molecule has 1 N–H and O–H groups in total. The largest absolute Gasteiger partial charge is 0.380 e. The molecule has 2 nitrogen and oxygen atoms in total. The lowest BCUT2D eigenvalue weighted by molar-refractivity contribution is 0.0344. The monoisotopic (exact) mass is 219 g/mol. The average Bonchev–Trinajstić information content (AvgIpc) is 2.48. The molecule has 0 saturated heterocycles. The third-order valence-electron chi connectivity index (χ3n) is 1.88. The zero-order valence-electron chi connectivity index (χ0n) is 8.06. The van der Waals surface area contributed by atoms with Crippen LogP contribution in [0.25, 0.3) is 0 Å². The van der Waals surface area contributed by atoms with Crippen molar-refractivity contribution in [2.45, 2.75) is 19.4 Å². The lowest BCUT2D eigenvalue weighted by Crippen LogP contribution is -2.31. The molecule has 0 amide bonds. The number of hydrogen-bond donors (Lipinski definition) is 1. The van der Waals surface area contributed by atoms with Gasteiger partial charge >= 0.3 is 0 Å². The zero-order valence-corrected chi connectivity index (χ0v) is 9.63. The Balaban J connectivity index is 2.48. The molecule has 1 aromatic rings. The van der Waals surface area contributed by atoms with Crippen molar-refractivity contribution in [2.75, 3.05) is 19.0 Å². The predicted octanol–water partition coefficient (Wildman–Crippen LogP) is 3.24. The minimum atomic E-state index is -0.161. The summed E-state index contributed by atoms with van der Waals surface area (Å²) < 4.78 is 6.07. The molecule has 74 valence electrons. The second-order valence-electron chi connectivity index (χ2n) is 3.43. The van der Waals surface area contributed by atoms with Crippen molar-refractivity contribution < 1.29 is 4.74 Å². The zero-order chi connectivity index (χ0) is 9.90. The van der Waals surface area contributed by atoms with Gasteiger partial charge in [0.15, 0.2) is 0 Å². The fourth-order valence-corrected chi connectivity index (χ4v) is 1.67. The fourth-order valence-electron chi connectivity index (χ4n) is 0.799. The molecule has 1 heterocycles. The van der Waals surface area contributed by atoms with Gasteiger partial charge in [0.25, 0.3) is 0 Å².